The van der Waals surface area contributed by atoms with Crippen LogP contribution in [0, 0.1) is 5.82 Å². The SMILES string of the molecule is Nc1cnc(Nc2cccc(F)c2)cc1C(=O)O. The van der Waals surface area contributed by atoms with E-state index in [0.29, 0.717) is 5.69 Å². The van der Waals surface area contributed by atoms with Crippen molar-refractivity contribution in [3.8, 4) is 0 Å². The number of halogens is 1. The Labute approximate surface area is 102 Å². The van der Waals surface area contributed by atoms with Crippen molar-refractivity contribution in [3.63, 3.8) is 0 Å². The van der Waals surface area contributed by atoms with Crippen molar-refractivity contribution in [3.05, 3.63) is 47.9 Å². The number of rotatable bonds is 3. The number of hydrogen-bond donors (Lipinski definition) is 3. The molecule has 0 fully saturated rings. The Morgan fingerprint density at radius 3 is 2.83 bits per heavy atom. The molecule has 2 aromatic rings. The van der Waals surface area contributed by atoms with E-state index in [1.807, 2.05) is 0 Å². The van der Waals surface area contributed by atoms with Gasteiger partial charge in [-0.2, -0.15) is 0 Å². The highest BCUT2D eigenvalue weighted by molar-refractivity contribution is 5.94. The predicted octanol–water partition coefficient (Wildman–Crippen LogP) is 2.24. The van der Waals surface area contributed by atoms with Gasteiger partial charge in [0.25, 0.3) is 0 Å². The summed E-state index contributed by atoms with van der Waals surface area (Å²) in [7, 11) is 0. The summed E-state index contributed by atoms with van der Waals surface area (Å²) in [4.78, 5) is 14.8. The van der Waals surface area contributed by atoms with E-state index in [0.717, 1.165) is 0 Å². The molecule has 4 N–H and O–H groups in total. The number of benzene rings is 1. The van der Waals surface area contributed by atoms with Gasteiger partial charge in [0, 0.05) is 5.69 Å². The molecule has 0 spiro atoms. The number of hydrogen-bond acceptors (Lipinski definition) is 4. The van der Waals surface area contributed by atoms with Gasteiger partial charge in [-0.1, -0.05) is 6.07 Å². The van der Waals surface area contributed by atoms with Gasteiger partial charge in [0.2, 0.25) is 0 Å². The molecule has 18 heavy (non-hydrogen) atoms. The van der Waals surface area contributed by atoms with Crippen LogP contribution < -0.4 is 11.1 Å². The van der Waals surface area contributed by atoms with Crippen molar-refractivity contribution < 1.29 is 14.3 Å². The van der Waals surface area contributed by atoms with Crippen LogP contribution in [0.4, 0.5) is 21.6 Å². The van der Waals surface area contributed by atoms with E-state index in [2.05, 4.69) is 10.3 Å². The maximum absolute atomic E-state index is 13.0. The third kappa shape index (κ3) is 2.54. The Kier molecular flexibility index (Phi) is 3.09. The number of carboxylic acids is 1. The molecular formula is C12H10FN3O2. The second-order valence-electron chi connectivity index (χ2n) is 3.60. The number of nitrogens with zero attached hydrogens (tertiary/aromatic N) is 1. The molecule has 0 aliphatic carbocycles. The van der Waals surface area contributed by atoms with Crippen LogP contribution in [0.2, 0.25) is 0 Å². The van der Waals surface area contributed by atoms with Crippen LogP contribution in [0.3, 0.4) is 0 Å². The normalized spacial score (nSPS) is 10.1. The van der Waals surface area contributed by atoms with E-state index in [4.69, 9.17) is 10.8 Å². The number of carbonyl (C=O) groups is 1. The lowest BCUT2D eigenvalue weighted by Gasteiger charge is -2.07. The predicted molar refractivity (Wildman–Crippen MR) is 65.3 cm³/mol. The molecule has 2 rings (SSSR count). The number of anilines is 3. The molecular weight excluding hydrogens is 237 g/mol. The van der Waals surface area contributed by atoms with Crippen molar-refractivity contribution in [2.75, 3.05) is 11.1 Å². The summed E-state index contributed by atoms with van der Waals surface area (Å²) in [5.74, 6) is -1.25. The first-order valence-corrected chi connectivity index (χ1v) is 5.07. The van der Waals surface area contributed by atoms with Gasteiger partial charge in [0.05, 0.1) is 17.4 Å². The summed E-state index contributed by atoms with van der Waals surface area (Å²) in [6.07, 6.45) is 1.24. The van der Waals surface area contributed by atoms with Gasteiger partial charge in [0.15, 0.2) is 0 Å². The molecule has 0 aliphatic heterocycles. The molecule has 5 nitrogen and oxygen atoms in total. The van der Waals surface area contributed by atoms with Crippen LogP contribution in [0.25, 0.3) is 0 Å². The highest BCUT2D eigenvalue weighted by atomic mass is 19.1. The fourth-order valence-electron chi connectivity index (χ4n) is 1.43. The van der Waals surface area contributed by atoms with E-state index in [-0.39, 0.29) is 17.1 Å². The zero-order valence-corrected chi connectivity index (χ0v) is 9.22. The monoisotopic (exact) mass is 247 g/mol. The highest BCUT2D eigenvalue weighted by Gasteiger charge is 2.09. The zero-order chi connectivity index (χ0) is 13.1. The second-order valence-corrected chi connectivity index (χ2v) is 3.60. The Bertz CT molecular complexity index is 602. The fourth-order valence-corrected chi connectivity index (χ4v) is 1.43. The molecule has 0 saturated heterocycles. The number of pyridine rings is 1. The average molecular weight is 247 g/mol. The summed E-state index contributed by atoms with van der Waals surface area (Å²) in [6, 6.07) is 7.06. The minimum atomic E-state index is -1.14. The maximum Gasteiger partial charge on any atom is 0.337 e. The first-order valence-electron chi connectivity index (χ1n) is 5.07. The molecule has 0 radical (unpaired) electrons. The van der Waals surface area contributed by atoms with Gasteiger partial charge in [0.1, 0.15) is 11.6 Å². The molecule has 0 atom stereocenters. The summed E-state index contributed by atoms with van der Waals surface area (Å²) < 4.78 is 13.0. The molecule has 1 aromatic carbocycles. The minimum Gasteiger partial charge on any atom is -0.478 e. The van der Waals surface area contributed by atoms with Gasteiger partial charge in [-0.15, -0.1) is 0 Å². The van der Waals surface area contributed by atoms with Gasteiger partial charge < -0.3 is 16.2 Å². The summed E-state index contributed by atoms with van der Waals surface area (Å²) in [6.45, 7) is 0. The quantitative estimate of drug-likeness (QED) is 0.774. The number of aromatic carboxylic acids is 1. The lowest BCUT2D eigenvalue weighted by Crippen LogP contribution is -2.05. The number of nitrogens with one attached hydrogen (secondary N) is 1. The number of nitrogen functional groups attached to an aromatic ring is 1. The average Bonchev–Trinajstić information content (AvgIpc) is 2.31. The standard InChI is InChI=1S/C12H10FN3O2/c13-7-2-1-3-8(4-7)16-11-5-9(12(17)18)10(14)6-15-11/h1-6H,14H2,(H,15,16)(H,17,18). The lowest BCUT2D eigenvalue weighted by atomic mass is 10.2. The molecule has 6 heteroatoms. The van der Waals surface area contributed by atoms with Crippen molar-refractivity contribution in [2.45, 2.75) is 0 Å². The molecule has 92 valence electrons. The van der Waals surface area contributed by atoms with Crippen molar-refractivity contribution >= 4 is 23.2 Å². The summed E-state index contributed by atoms with van der Waals surface area (Å²) >= 11 is 0. The number of carboxylic acid groups (broad SMARTS) is 1. The fraction of sp³-hybridized carbons (Fsp3) is 0. The molecule has 0 bridgehead atoms. The largest absolute Gasteiger partial charge is 0.478 e. The smallest absolute Gasteiger partial charge is 0.337 e. The van der Waals surface area contributed by atoms with Crippen LogP contribution in [0.15, 0.2) is 36.5 Å². The summed E-state index contributed by atoms with van der Waals surface area (Å²) in [5.41, 5.74) is 5.98. The van der Waals surface area contributed by atoms with Gasteiger partial charge in [-0.25, -0.2) is 14.2 Å². The van der Waals surface area contributed by atoms with Crippen molar-refractivity contribution in [1.29, 1.82) is 0 Å². The number of aromatic nitrogens is 1. The lowest BCUT2D eigenvalue weighted by molar-refractivity contribution is 0.0698. The second kappa shape index (κ2) is 4.70. The Morgan fingerprint density at radius 1 is 1.39 bits per heavy atom. The van der Waals surface area contributed by atoms with Gasteiger partial charge in [-0.3, -0.25) is 0 Å². The topological polar surface area (TPSA) is 88.2 Å². The van der Waals surface area contributed by atoms with Crippen molar-refractivity contribution in [1.82, 2.24) is 4.98 Å². The summed E-state index contributed by atoms with van der Waals surface area (Å²) in [5, 5.41) is 11.7. The van der Waals surface area contributed by atoms with E-state index in [1.165, 1.54) is 30.5 Å². The minimum absolute atomic E-state index is 0.0519. The molecule has 0 aliphatic rings. The van der Waals surface area contributed by atoms with Gasteiger partial charge >= 0.3 is 5.97 Å². The van der Waals surface area contributed by atoms with E-state index in [1.54, 1.807) is 6.07 Å². The van der Waals surface area contributed by atoms with E-state index in [9.17, 15) is 9.18 Å². The molecule has 1 heterocycles. The van der Waals surface area contributed by atoms with Crippen LogP contribution in [-0.2, 0) is 0 Å². The third-order valence-electron chi connectivity index (χ3n) is 2.26. The van der Waals surface area contributed by atoms with Crippen LogP contribution in [0.1, 0.15) is 10.4 Å². The first-order chi connectivity index (χ1) is 8.56. The Hall–Kier alpha value is -2.63. The molecule has 0 unspecified atom stereocenters. The van der Waals surface area contributed by atoms with E-state index < -0.39 is 11.8 Å². The first kappa shape index (κ1) is 11.8. The van der Waals surface area contributed by atoms with Gasteiger partial charge in [-0.05, 0) is 24.3 Å². The third-order valence-corrected chi connectivity index (χ3v) is 2.26. The van der Waals surface area contributed by atoms with Crippen LogP contribution >= 0.6 is 0 Å². The Balaban J connectivity index is 2.30. The molecule has 1 aromatic heterocycles. The number of nitrogens with two attached hydrogens (primary N) is 1. The van der Waals surface area contributed by atoms with Crippen LogP contribution in [-0.4, -0.2) is 16.1 Å². The Morgan fingerprint density at radius 2 is 2.17 bits per heavy atom. The van der Waals surface area contributed by atoms with Crippen LogP contribution in [0.5, 0.6) is 0 Å². The van der Waals surface area contributed by atoms with Crippen molar-refractivity contribution in [2.24, 2.45) is 0 Å². The maximum atomic E-state index is 13.0. The highest BCUT2D eigenvalue weighted by Crippen LogP contribution is 2.19. The molecule has 0 amide bonds. The van der Waals surface area contributed by atoms with E-state index >= 15 is 0 Å². The molecule has 0 saturated carbocycles. The zero-order valence-electron chi connectivity index (χ0n) is 9.22.